The van der Waals surface area contributed by atoms with Gasteiger partial charge < -0.3 is 0 Å². The lowest BCUT2D eigenvalue weighted by molar-refractivity contribution is -0.479. The first-order valence-electron chi connectivity index (χ1n) is 12.9. The normalized spacial score (nSPS) is 17.3. The SMILES string of the molecule is C1=[N+](c2cccc3ccccc23)C(c2ccccc2)C(c2ccccc2)N1c1cccc2ccccc12. The van der Waals surface area contributed by atoms with E-state index >= 15 is 0 Å². The van der Waals surface area contributed by atoms with Gasteiger partial charge in [-0.3, -0.25) is 0 Å². The maximum Gasteiger partial charge on any atom is 0.245 e. The predicted octanol–water partition coefficient (Wildman–Crippen LogP) is 8.67. The van der Waals surface area contributed by atoms with Gasteiger partial charge in [-0.25, -0.2) is 9.48 Å². The van der Waals surface area contributed by atoms with Crippen LogP contribution in [0.4, 0.5) is 11.4 Å². The molecule has 37 heavy (non-hydrogen) atoms. The first-order valence-corrected chi connectivity index (χ1v) is 12.9. The first kappa shape index (κ1) is 21.6. The van der Waals surface area contributed by atoms with E-state index in [9.17, 15) is 0 Å². The number of hydrogen-bond donors (Lipinski definition) is 0. The number of nitrogens with zero attached hydrogens (tertiary/aromatic N) is 2. The van der Waals surface area contributed by atoms with Crippen molar-refractivity contribution in [2.24, 2.45) is 0 Å². The van der Waals surface area contributed by atoms with Crippen molar-refractivity contribution in [2.45, 2.75) is 12.1 Å². The molecule has 6 aromatic rings. The molecule has 0 saturated heterocycles. The van der Waals surface area contributed by atoms with E-state index in [1.807, 2.05) is 0 Å². The maximum absolute atomic E-state index is 2.48. The highest BCUT2D eigenvalue weighted by Crippen LogP contribution is 2.47. The number of anilines is 1. The minimum atomic E-state index is 0.0911. The van der Waals surface area contributed by atoms with Gasteiger partial charge in [-0.2, -0.15) is 0 Å². The van der Waals surface area contributed by atoms with Crippen molar-refractivity contribution >= 4 is 39.3 Å². The van der Waals surface area contributed by atoms with Crippen molar-refractivity contribution in [3.63, 3.8) is 0 Å². The first-order chi connectivity index (χ1) is 18.4. The van der Waals surface area contributed by atoms with Crippen LogP contribution in [-0.2, 0) is 0 Å². The summed E-state index contributed by atoms with van der Waals surface area (Å²) in [5.41, 5.74) is 5.03. The summed E-state index contributed by atoms with van der Waals surface area (Å²) in [6, 6.07) is 52.7. The van der Waals surface area contributed by atoms with E-state index in [-0.39, 0.29) is 12.1 Å². The molecule has 1 aliphatic rings. The summed E-state index contributed by atoms with van der Waals surface area (Å²) < 4.78 is 2.48. The second kappa shape index (κ2) is 9.07. The number of fused-ring (bicyclic) bond motifs is 2. The fraction of sp³-hybridized carbons (Fsp3) is 0.0571. The van der Waals surface area contributed by atoms with E-state index in [4.69, 9.17) is 0 Å². The second-order valence-electron chi connectivity index (χ2n) is 9.64. The van der Waals surface area contributed by atoms with E-state index in [0.717, 1.165) is 0 Å². The van der Waals surface area contributed by atoms with E-state index in [2.05, 4.69) is 161 Å². The zero-order valence-corrected chi connectivity index (χ0v) is 20.5. The van der Waals surface area contributed by atoms with Gasteiger partial charge in [0.05, 0.1) is 0 Å². The Kier molecular flexibility index (Phi) is 5.29. The zero-order chi connectivity index (χ0) is 24.6. The van der Waals surface area contributed by atoms with Crippen LogP contribution < -0.4 is 4.90 Å². The summed E-state index contributed by atoms with van der Waals surface area (Å²) >= 11 is 0. The van der Waals surface area contributed by atoms with Crippen LogP contribution in [0.2, 0.25) is 0 Å². The molecule has 2 unspecified atom stereocenters. The van der Waals surface area contributed by atoms with Crippen molar-refractivity contribution in [3.8, 4) is 0 Å². The van der Waals surface area contributed by atoms with Gasteiger partial charge in [0, 0.05) is 21.9 Å². The van der Waals surface area contributed by atoms with Gasteiger partial charge in [0.25, 0.3) is 0 Å². The number of rotatable bonds is 4. The molecule has 0 N–H and O–H groups in total. The molecular formula is C35H27N2+. The van der Waals surface area contributed by atoms with Gasteiger partial charge in [0.1, 0.15) is 11.4 Å². The molecule has 0 amide bonds. The molecule has 0 aliphatic carbocycles. The molecular weight excluding hydrogens is 448 g/mol. The van der Waals surface area contributed by atoms with E-state index < -0.39 is 0 Å². The topological polar surface area (TPSA) is 6.25 Å². The molecule has 0 radical (unpaired) electrons. The molecule has 6 aromatic carbocycles. The van der Waals surface area contributed by atoms with Crippen molar-refractivity contribution in [1.82, 2.24) is 0 Å². The van der Waals surface area contributed by atoms with E-state index in [1.165, 1.54) is 44.0 Å². The second-order valence-corrected chi connectivity index (χ2v) is 9.64. The summed E-state index contributed by atoms with van der Waals surface area (Å²) in [6.45, 7) is 0. The average Bonchev–Trinajstić information content (AvgIpc) is 3.38. The lowest BCUT2D eigenvalue weighted by atomic mass is 9.91. The smallest absolute Gasteiger partial charge is 0.221 e. The lowest BCUT2D eigenvalue weighted by Crippen LogP contribution is -2.26. The number of benzene rings is 6. The van der Waals surface area contributed by atoms with Crippen LogP contribution in [0.15, 0.2) is 146 Å². The molecule has 0 spiro atoms. The molecule has 7 rings (SSSR count). The zero-order valence-electron chi connectivity index (χ0n) is 20.5. The third-order valence-electron chi connectivity index (χ3n) is 7.52. The summed E-state index contributed by atoms with van der Waals surface area (Å²) in [5, 5.41) is 5.02. The minimum absolute atomic E-state index is 0.0911. The van der Waals surface area contributed by atoms with Crippen LogP contribution >= 0.6 is 0 Å². The maximum atomic E-state index is 2.48. The molecule has 0 aromatic heterocycles. The Morgan fingerprint density at radius 1 is 0.459 bits per heavy atom. The Balaban J connectivity index is 1.53. The monoisotopic (exact) mass is 475 g/mol. The van der Waals surface area contributed by atoms with Crippen LogP contribution in [0.1, 0.15) is 23.2 Å². The van der Waals surface area contributed by atoms with Crippen molar-refractivity contribution in [3.05, 3.63) is 157 Å². The van der Waals surface area contributed by atoms with Crippen molar-refractivity contribution in [2.75, 3.05) is 4.90 Å². The third kappa shape index (κ3) is 3.70. The fourth-order valence-corrected chi connectivity index (χ4v) is 5.86. The third-order valence-corrected chi connectivity index (χ3v) is 7.52. The van der Waals surface area contributed by atoms with Crippen molar-refractivity contribution < 1.29 is 4.58 Å². The quantitative estimate of drug-likeness (QED) is 0.231. The molecule has 0 bridgehead atoms. The fourth-order valence-electron chi connectivity index (χ4n) is 5.86. The summed E-state index contributed by atoms with van der Waals surface area (Å²) in [4.78, 5) is 2.48. The Morgan fingerprint density at radius 3 is 1.73 bits per heavy atom. The molecule has 2 atom stereocenters. The van der Waals surface area contributed by atoms with Gasteiger partial charge >= 0.3 is 0 Å². The molecule has 0 saturated carbocycles. The summed E-state index contributed by atoms with van der Waals surface area (Å²) in [7, 11) is 0. The highest BCUT2D eigenvalue weighted by molar-refractivity contribution is 6.00. The van der Waals surface area contributed by atoms with Crippen LogP contribution in [0.25, 0.3) is 21.5 Å². The van der Waals surface area contributed by atoms with Gasteiger partial charge in [-0.15, -0.1) is 0 Å². The minimum Gasteiger partial charge on any atom is -0.221 e. The largest absolute Gasteiger partial charge is 0.245 e. The van der Waals surface area contributed by atoms with Gasteiger partial charge in [0.2, 0.25) is 6.34 Å². The Bertz CT molecular complexity index is 1730. The molecule has 176 valence electrons. The molecule has 2 heteroatoms. The molecule has 2 nitrogen and oxygen atoms in total. The van der Waals surface area contributed by atoms with E-state index in [1.54, 1.807) is 0 Å². The average molecular weight is 476 g/mol. The summed E-state index contributed by atoms with van der Waals surface area (Å²) in [5.74, 6) is 0. The lowest BCUT2D eigenvalue weighted by Gasteiger charge is -2.25. The molecule has 0 fully saturated rings. The van der Waals surface area contributed by atoms with Crippen LogP contribution in [-0.4, -0.2) is 10.9 Å². The Morgan fingerprint density at radius 2 is 1.00 bits per heavy atom. The van der Waals surface area contributed by atoms with Crippen LogP contribution in [0.5, 0.6) is 0 Å². The van der Waals surface area contributed by atoms with Crippen LogP contribution in [0.3, 0.4) is 0 Å². The van der Waals surface area contributed by atoms with Gasteiger partial charge in [0.15, 0.2) is 12.1 Å². The summed E-state index contributed by atoms with van der Waals surface area (Å²) in [6.07, 6.45) is 2.33. The van der Waals surface area contributed by atoms with E-state index in [0.29, 0.717) is 0 Å². The van der Waals surface area contributed by atoms with Gasteiger partial charge in [-0.05, 0) is 22.9 Å². The molecule has 1 heterocycles. The highest BCUT2D eigenvalue weighted by Gasteiger charge is 2.46. The standard InChI is InChI=1S/C35H27N2/c1-3-15-28(16-4-1)34-35(29-17-5-2-6-18-29)37(33-24-12-20-27-14-8-10-22-31(27)33)25-36(34)32-23-11-19-26-13-7-9-21-30(26)32/h1-25,34-35H/q+1. The Labute approximate surface area is 217 Å². The Hall–Kier alpha value is -4.69. The van der Waals surface area contributed by atoms with Gasteiger partial charge in [-0.1, -0.05) is 133 Å². The highest BCUT2D eigenvalue weighted by atomic mass is 15.3. The number of hydrogen-bond acceptors (Lipinski definition) is 1. The predicted molar refractivity (Wildman–Crippen MR) is 155 cm³/mol. The van der Waals surface area contributed by atoms with Crippen molar-refractivity contribution in [1.29, 1.82) is 0 Å². The van der Waals surface area contributed by atoms with Crippen LogP contribution in [0, 0.1) is 0 Å². The molecule has 1 aliphatic heterocycles.